The van der Waals surface area contributed by atoms with Crippen LogP contribution in [0.5, 0.6) is 0 Å². The first kappa shape index (κ1) is 24.9. The molecule has 0 aromatic carbocycles. The molecular formula is C23H46O3Si. The first-order chi connectivity index (χ1) is 12.3. The highest BCUT2D eigenvalue weighted by Crippen LogP contribution is 2.38. The number of ether oxygens (including phenoxy) is 1. The maximum absolute atomic E-state index is 9.79. The molecule has 1 saturated heterocycles. The van der Waals surface area contributed by atoms with E-state index >= 15 is 0 Å². The quantitative estimate of drug-likeness (QED) is 0.364. The fourth-order valence-electron chi connectivity index (χ4n) is 3.36. The van der Waals surface area contributed by atoms with Crippen molar-refractivity contribution in [3.63, 3.8) is 0 Å². The Balaban J connectivity index is 2.82. The van der Waals surface area contributed by atoms with Gasteiger partial charge in [-0.15, -0.1) is 0 Å². The van der Waals surface area contributed by atoms with Gasteiger partial charge in [0.1, 0.15) is 0 Å². The Hall–Kier alpha value is -0.163. The van der Waals surface area contributed by atoms with Crippen LogP contribution >= 0.6 is 0 Å². The fourth-order valence-corrected chi connectivity index (χ4v) is 4.65. The number of hydrogen-bond donors (Lipinski definition) is 1. The molecule has 0 aromatic rings. The summed E-state index contributed by atoms with van der Waals surface area (Å²) in [5, 5.41) is 9.99. The van der Waals surface area contributed by atoms with Crippen LogP contribution in [-0.2, 0) is 9.16 Å². The molecule has 0 spiro atoms. The minimum atomic E-state index is -1.83. The van der Waals surface area contributed by atoms with Gasteiger partial charge >= 0.3 is 0 Å². The first-order valence-electron chi connectivity index (χ1n) is 11.0. The molecule has 1 unspecified atom stereocenters. The maximum atomic E-state index is 9.79. The van der Waals surface area contributed by atoms with Gasteiger partial charge in [0.05, 0.1) is 24.4 Å². The van der Waals surface area contributed by atoms with Gasteiger partial charge in [-0.25, -0.2) is 0 Å². The van der Waals surface area contributed by atoms with E-state index in [9.17, 15) is 5.11 Å². The van der Waals surface area contributed by atoms with E-state index in [0.717, 1.165) is 25.7 Å². The molecule has 1 rings (SSSR count). The molecule has 0 aliphatic carbocycles. The van der Waals surface area contributed by atoms with Crippen LogP contribution in [0.3, 0.4) is 0 Å². The maximum Gasteiger partial charge on any atom is 0.192 e. The Morgan fingerprint density at radius 1 is 1.15 bits per heavy atom. The van der Waals surface area contributed by atoms with Crippen molar-refractivity contribution in [3.05, 3.63) is 12.2 Å². The van der Waals surface area contributed by atoms with E-state index in [0.29, 0.717) is 11.8 Å². The summed E-state index contributed by atoms with van der Waals surface area (Å²) >= 11 is 0. The predicted octanol–water partition coefficient (Wildman–Crippen LogP) is 6.32. The van der Waals surface area contributed by atoms with E-state index in [1.807, 2.05) is 6.92 Å². The van der Waals surface area contributed by atoms with Crippen molar-refractivity contribution in [2.45, 2.75) is 123 Å². The Bertz CT molecular complexity index is 451. The monoisotopic (exact) mass is 398 g/mol. The van der Waals surface area contributed by atoms with Crippen LogP contribution < -0.4 is 0 Å². The van der Waals surface area contributed by atoms with Gasteiger partial charge in [-0.2, -0.15) is 0 Å². The zero-order valence-corrected chi connectivity index (χ0v) is 20.4. The zero-order chi connectivity index (χ0) is 20.8. The largest absolute Gasteiger partial charge is 0.410 e. The number of rotatable bonds is 9. The van der Waals surface area contributed by atoms with Crippen molar-refractivity contribution in [3.8, 4) is 0 Å². The molecule has 0 bridgehead atoms. The van der Waals surface area contributed by atoms with Gasteiger partial charge in [0.25, 0.3) is 0 Å². The van der Waals surface area contributed by atoms with Crippen LogP contribution in [0, 0.1) is 11.8 Å². The van der Waals surface area contributed by atoms with Crippen molar-refractivity contribution in [2.75, 3.05) is 0 Å². The molecule has 0 aromatic heterocycles. The lowest BCUT2D eigenvalue weighted by Crippen LogP contribution is -2.45. The third-order valence-electron chi connectivity index (χ3n) is 6.22. The molecule has 1 aliphatic heterocycles. The molecule has 0 amide bonds. The molecule has 4 heteroatoms. The average Bonchev–Trinajstić information content (AvgIpc) is 2.48. The van der Waals surface area contributed by atoms with Crippen molar-refractivity contribution in [1.29, 1.82) is 0 Å². The molecule has 1 fully saturated rings. The van der Waals surface area contributed by atoms with Crippen molar-refractivity contribution in [2.24, 2.45) is 11.8 Å². The van der Waals surface area contributed by atoms with Crippen molar-refractivity contribution < 1.29 is 14.3 Å². The van der Waals surface area contributed by atoms with Gasteiger partial charge in [0, 0.05) is 6.42 Å². The van der Waals surface area contributed by atoms with Gasteiger partial charge in [0.2, 0.25) is 0 Å². The normalized spacial score (nSPS) is 27.3. The van der Waals surface area contributed by atoms with Gasteiger partial charge < -0.3 is 14.3 Å². The molecule has 0 saturated carbocycles. The average molecular weight is 399 g/mol. The Labute approximate surface area is 170 Å². The van der Waals surface area contributed by atoms with Crippen LogP contribution in [-0.4, -0.2) is 37.8 Å². The first-order valence-corrected chi connectivity index (χ1v) is 13.9. The number of hydrogen-bond acceptors (Lipinski definition) is 3. The van der Waals surface area contributed by atoms with E-state index in [-0.39, 0.29) is 29.5 Å². The fraction of sp³-hybridized carbons (Fsp3) is 0.913. The third kappa shape index (κ3) is 8.80. The van der Waals surface area contributed by atoms with E-state index in [1.54, 1.807) is 0 Å². The lowest BCUT2D eigenvalue weighted by molar-refractivity contribution is -0.103. The highest BCUT2D eigenvalue weighted by atomic mass is 28.4. The second-order valence-corrected chi connectivity index (χ2v) is 15.4. The van der Waals surface area contributed by atoms with Crippen LogP contribution in [0.4, 0.5) is 0 Å². The van der Waals surface area contributed by atoms with Crippen LogP contribution in [0.15, 0.2) is 12.2 Å². The summed E-state index contributed by atoms with van der Waals surface area (Å²) in [7, 11) is -1.83. The summed E-state index contributed by atoms with van der Waals surface area (Å²) in [6, 6.07) is 0. The van der Waals surface area contributed by atoms with E-state index < -0.39 is 8.32 Å². The predicted molar refractivity (Wildman–Crippen MR) is 119 cm³/mol. The second-order valence-electron chi connectivity index (χ2n) is 10.6. The van der Waals surface area contributed by atoms with Gasteiger partial charge in [-0.3, -0.25) is 0 Å². The Morgan fingerprint density at radius 3 is 2.30 bits per heavy atom. The van der Waals surface area contributed by atoms with Crippen molar-refractivity contribution in [1.82, 2.24) is 0 Å². The minimum absolute atomic E-state index is 0.121. The molecule has 1 aliphatic rings. The number of allylic oxidation sites excluding steroid dienone is 1. The molecule has 1 heterocycles. The molecule has 27 heavy (non-hydrogen) atoms. The van der Waals surface area contributed by atoms with E-state index in [2.05, 4.69) is 66.8 Å². The number of aliphatic hydroxyl groups excluding tert-OH is 1. The molecule has 0 radical (unpaired) electrons. The summed E-state index contributed by atoms with van der Waals surface area (Å²) in [6.45, 7) is 20.2. The van der Waals surface area contributed by atoms with Crippen LogP contribution in [0.25, 0.3) is 0 Å². The van der Waals surface area contributed by atoms with E-state index in [4.69, 9.17) is 9.16 Å². The molecular weight excluding hydrogens is 352 g/mol. The SMILES string of the molecule is CC(C)C/C=C/[C@@H](C[C@@H]1CC[C@H](C)[C@@H](CC(C)O)O1)O[Si](C)(C)C(C)(C)C. The van der Waals surface area contributed by atoms with Crippen LogP contribution in [0.1, 0.15) is 80.6 Å². The highest BCUT2D eigenvalue weighted by molar-refractivity contribution is 6.74. The minimum Gasteiger partial charge on any atom is -0.410 e. The Kier molecular flexibility index (Phi) is 9.73. The summed E-state index contributed by atoms with van der Waals surface area (Å²) in [5.41, 5.74) is 0. The molecule has 5 atom stereocenters. The smallest absolute Gasteiger partial charge is 0.192 e. The summed E-state index contributed by atoms with van der Waals surface area (Å²) in [5.74, 6) is 1.18. The van der Waals surface area contributed by atoms with Gasteiger partial charge in [-0.1, -0.05) is 53.7 Å². The van der Waals surface area contributed by atoms with E-state index in [1.165, 1.54) is 6.42 Å². The summed E-state index contributed by atoms with van der Waals surface area (Å²) < 4.78 is 13.2. The van der Waals surface area contributed by atoms with Crippen molar-refractivity contribution >= 4 is 8.32 Å². The molecule has 160 valence electrons. The number of aliphatic hydroxyl groups is 1. The molecule has 1 N–H and O–H groups in total. The lowest BCUT2D eigenvalue weighted by atomic mass is 9.89. The summed E-state index contributed by atoms with van der Waals surface area (Å²) in [6.07, 6.45) is 9.78. The second kappa shape index (κ2) is 10.6. The topological polar surface area (TPSA) is 38.7 Å². The lowest BCUT2D eigenvalue weighted by Gasteiger charge is -2.41. The third-order valence-corrected chi connectivity index (χ3v) is 10.7. The van der Waals surface area contributed by atoms with Gasteiger partial charge in [-0.05, 0) is 62.6 Å². The standard InChI is InChI=1S/C23H46O3Si/c1-17(2)11-10-12-21(26-27(8,9)23(5,6)7)16-20-14-13-18(3)22(25-20)15-19(4)24/h10,12,17-22,24H,11,13-16H2,1-9H3/b12-10+/t18-,19?,20-,21-,22+/m0/s1. The highest BCUT2D eigenvalue weighted by Gasteiger charge is 2.39. The zero-order valence-electron chi connectivity index (χ0n) is 19.4. The molecule has 3 nitrogen and oxygen atoms in total. The van der Waals surface area contributed by atoms with Crippen LogP contribution in [0.2, 0.25) is 18.1 Å². The summed E-state index contributed by atoms with van der Waals surface area (Å²) in [4.78, 5) is 0. The Morgan fingerprint density at radius 2 is 1.78 bits per heavy atom. The van der Waals surface area contributed by atoms with Gasteiger partial charge in [0.15, 0.2) is 8.32 Å².